The molecule has 0 bridgehead atoms. The van der Waals surface area contributed by atoms with Crippen molar-refractivity contribution in [2.24, 2.45) is 0 Å². The number of carbonyl (C=O) groups excluding carboxylic acids is 1. The topological polar surface area (TPSA) is 29.5 Å². The summed E-state index contributed by atoms with van der Waals surface area (Å²) in [6.07, 6.45) is 0. The summed E-state index contributed by atoms with van der Waals surface area (Å²) in [5.41, 5.74) is 2.20. The van der Waals surface area contributed by atoms with Crippen LogP contribution >= 0.6 is 0 Å². The number of halogens is 1. The van der Waals surface area contributed by atoms with Gasteiger partial charge in [-0.15, -0.1) is 0 Å². The van der Waals surface area contributed by atoms with Crippen molar-refractivity contribution in [1.29, 1.82) is 0 Å². The van der Waals surface area contributed by atoms with Gasteiger partial charge in [-0.2, -0.15) is 0 Å². The highest BCUT2D eigenvalue weighted by Crippen LogP contribution is 2.18. The first-order valence-corrected chi connectivity index (χ1v) is 6.66. The van der Waals surface area contributed by atoms with E-state index in [1.54, 1.807) is 13.1 Å². The van der Waals surface area contributed by atoms with Crippen molar-refractivity contribution in [3.05, 3.63) is 65.0 Å². The Bertz CT molecular complexity index is 655. The summed E-state index contributed by atoms with van der Waals surface area (Å²) >= 11 is 0. The van der Waals surface area contributed by atoms with Crippen LogP contribution < -0.4 is 4.74 Å². The zero-order chi connectivity index (χ0) is 15.4. The van der Waals surface area contributed by atoms with Crippen molar-refractivity contribution in [2.75, 3.05) is 14.2 Å². The Morgan fingerprint density at radius 1 is 1.24 bits per heavy atom. The van der Waals surface area contributed by atoms with Gasteiger partial charge in [-0.25, -0.2) is 4.39 Å². The summed E-state index contributed by atoms with van der Waals surface area (Å²) in [5, 5.41) is 0. The summed E-state index contributed by atoms with van der Waals surface area (Å²) in [4.78, 5) is 13.8. The predicted molar refractivity (Wildman–Crippen MR) is 79.9 cm³/mol. The fourth-order valence-electron chi connectivity index (χ4n) is 2.12. The first-order chi connectivity index (χ1) is 10.0. The molecule has 3 nitrogen and oxygen atoms in total. The SMILES string of the molecule is COc1ccc(C(=O)N(C)Cc2ccccc2C)c(F)c1. The second-order valence-electron chi connectivity index (χ2n) is 4.93. The number of carbonyl (C=O) groups is 1. The Morgan fingerprint density at radius 3 is 2.57 bits per heavy atom. The number of methoxy groups -OCH3 is 1. The number of aryl methyl sites for hydroxylation is 1. The number of ether oxygens (including phenoxy) is 1. The molecule has 0 aliphatic rings. The molecule has 0 atom stereocenters. The molecule has 1 amide bonds. The minimum atomic E-state index is -0.573. The number of hydrogen-bond donors (Lipinski definition) is 0. The van der Waals surface area contributed by atoms with Gasteiger partial charge in [-0.05, 0) is 30.2 Å². The molecule has 4 heteroatoms. The van der Waals surface area contributed by atoms with Crippen LogP contribution in [0.25, 0.3) is 0 Å². The maximum absolute atomic E-state index is 13.9. The number of rotatable bonds is 4. The Kier molecular flexibility index (Phi) is 4.58. The van der Waals surface area contributed by atoms with Crippen LogP contribution in [0.5, 0.6) is 5.75 Å². The molecule has 0 heterocycles. The normalized spacial score (nSPS) is 10.3. The third-order valence-corrected chi connectivity index (χ3v) is 3.42. The Balaban J connectivity index is 2.18. The summed E-state index contributed by atoms with van der Waals surface area (Å²) in [6.45, 7) is 2.43. The lowest BCUT2D eigenvalue weighted by molar-refractivity contribution is 0.0780. The lowest BCUT2D eigenvalue weighted by atomic mass is 10.1. The first kappa shape index (κ1) is 15.0. The molecule has 0 saturated heterocycles. The van der Waals surface area contributed by atoms with Crippen molar-refractivity contribution in [2.45, 2.75) is 13.5 Å². The molecule has 2 aromatic carbocycles. The average molecular weight is 287 g/mol. The molecule has 0 radical (unpaired) electrons. The molecule has 0 unspecified atom stereocenters. The van der Waals surface area contributed by atoms with E-state index < -0.39 is 5.82 Å². The maximum atomic E-state index is 13.9. The van der Waals surface area contributed by atoms with Crippen LogP contribution in [-0.4, -0.2) is 25.0 Å². The van der Waals surface area contributed by atoms with Gasteiger partial charge in [-0.3, -0.25) is 4.79 Å². The van der Waals surface area contributed by atoms with Gasteiger partial charge in [0.1, 0.15) is 11.6 Å². The van der Waals surface area contributed by atoms with Crippen LogP contribution in [0.3, 0.4) is 0 Å². The quantitative estimate of drug-likeness (QED) is 0.862. The van der Waals surface area contributed by atoms with Crippen LogP contribution in [0.4, 0.5) is 4.39 Å². The molecule has 0 spiro atoms. The molecule has 0 N–H and O–H groups in total. The average Bonchev–Trinajstić information content (AvgIpc) is 2.48. The van der Waals surface area contributed by atoms with E-state index in [1.165, 1.54) is 24.1 Å². The number of benzene rings is 2. The molecule has 21 heavy (non-hydrogen) atoms. The van der Waals surface area contributed by atoms with Crippen molar-refractivity contribution in [3.63, 3.8) is 0 Å². The Labute approximate surface area is 124 Å². The third kappa shape index (κ3) is 3.40. The van der Waals surface area contributed by atoms with Crippen LogP contribution in [0, 0.1) is 12.7 Å². The second-order valence-corrected chi connectivity index (χ2v) is 4.93. The van der Waals surface area contributed by atoms with Gasteiger partial charge < -0.3 is 9.64 Å². The van der Waals surface area contributed by atoms with E-state index in [-0.39, 0.29) is 11.5 Å². The number of amides is 1. The highest BCUT2D eigenvalue weighted by molar-refractivity contribution is 5.94. The third-order valence-electron chi connectivity index (χ3n) is 3.42. The smallest absolute Gasteiger partial charge is 0.256 e. The molecule has 0 saturated carbocycles. The molecule has 110 valence electrons. The van der Waals surface area contributed by atoms with Gasteiger partial charge in [0, 0.05) is 19.7 Å². The van der Waals surface area contributed by atoms with Gasteiger partial charge in [-0.1, -0.05) is 24.3 Å². The molecular formula is C17H18FNO2. The Hall–Kier alpha value is -2.36. The number of hydrogen-bond acceptors (Lipinski definition) is 2. The minimum Gasteiger partial charge on any atom is -0.497 e. The van der Waals surface area contributed by atoms with E-state index in [9.17, 15) is 9.18 Å². The van der Waals surface area contributed by atoms with Crippen molar-refractivity contribution >= 4 is 5.91 Å². The van der Waals surface area contributed by atoms with Crippen molar-refractivity contribution < 1.29 is 13.9 Å². The van der Waals surface area contributed by atoms with Crippen LogP contribution in [0.2, 0.25) is 0 Å². The molecule has 0 fully saturated rings. The zero-order valence-corrected chi connectivity index (χ0v) is 12.4. The van der Waals surface area contributed by atoms with E-state index in [4.69, 9.17) is 4.74 Å². The highest BCUT2D eigenvalue weighted by Gasteiger charge is 2.17. The number of nitrogens with zero attached hydrogens (tertiary/aromatic N) is 1. The fourth-order valence-corrected chi connectivity index (χ4v) is 2.12. The lowest BCUT2D eigenvalue weighted by Gasteiger charge is -2.19. The highest BCUT2D eigenvalue weighted by atomic mass is 19.1. The summed E-state index contributed by atoms with van der Waals surface area (Å²) in [6, 6.07) is 12.1. The molecule has 0 aromatic heterocycles. The molecule has 0 aliphatic heterocycles. The van der Waals surface area contributed by atoms with Gasteiger partial charge >= 0.3 is 0 Å². The second kappa shape index (κ2) is 6.39. The van der Waals surface area contributed by atoms with Crippen molar-refractivity contribution in [1.82, 2.24) is 4.90 Å². The molecule has 2 aromatic rings. The summed E-state index contributed by atoms with van der Waals surface area (Å²) < 4.78 is 18.9. The molecule has 0 aliphatic carbocycles. The van der Waals surface area contributed by atoms with E-state index in [1.807, 2.05) is 31.2 Å². The van der Waals surface area contributed by atoms with E-state index in [0.717, 1.165) is 11.1 Å². The van der Waals surface area contributed by atoms with E-state index >= 15 is 0 Å². The predicted octanol–water partition coefficient (Wildman–Crippen LogP) is 3.41. The van der Waals surface area contributed by atoms with Gasteiger partial charge in [0.05, 0.1) is 12.7 Å². The zero-order valence-electron chi connectivity index (χ0n) is 12.4. The molecular weight excluding hydrogens is 269 g/mol. The van der Waals surface area contributed by atoms with Crippen molar-refractivity contribution in [3.8, 4) is 5.75 Å². The Morgan fingerprint density at radius 2 is 1.95 bits per heavy atom. The van der Waals surface area contributed by atoms with E-state index in [0.29, 0.717) is 12.3 Å². The first-order valence-electron chi connectivity index (χ1n) is 6.66. The standard InChI is InChI=1S/C17H18FNO2/c1-12-6-4-5-7-13(12)11-19(2)17(20)15-9-8-14(21-3)10-16(15)18/h4-10H,11H2,1-3H3. The monoisotopic (exact) mass is 287 g/mol. The van der Waals surface area contributed by atoms with Crippen LogP contribution in [0.15, 0.2) is 42.5 Å². The summed E-state index contributed by atoms with van der Waals surface area (Å²) in [7, 11) is 3.12. The summed E-state index contributed by atoms with van der Waals surface area (Å²) in [5.74, 6) is -0.528. The fraction of sp³-hybridized carbons (Fsp3) is 0.235. The van der Waals surface area contributed by atoms with Gasteiger partial charge in [0.25, 0.3) is 5.91 Å². The molecule has 2 rings (SSSR count). The van der Waals surface area contributed by atoms with Crippen LogP contribution in [-0.2, 0) is 6.54 Å². The largest absolute Gasteiger partial charge is 0.497 e. The van der Waals surface area contributed by atoms with Crippen LogP contribution in [0.1, 0.15) is 21.5 Å². The lowest BCUT2D eigenvalue weighted by Crippen LogP contribution is -2.27. The van der Waals surface area contributed by atoms with E-state index in [2.05, 4.69) is 0 Å². The maximum Gasteiger partial charge on any atom is 0.256 e. The minimum absolute atomic E-state index is 0.0480. The van der Waals surface area contributed by atoms with Gasteiger partial charge in [0.2, 0.25) is 0 Å². The van der Waals surface area contributed by atoms with Gasteiger partial charge in [0.15, 0.2) is 0 Å².